The fourth-order valence-electron chi connectivity index (χ4n) is 9.69. The third-order valence-electron chi connectivity index (χ3n) is 11.4. The van der Waals surface area contributed by atoms with Crippen LogP contribution in [-0.2, 0) is 9.53 Å². The van der Waals surface area contributed by atoms with Gasteiger partial charge in [0.1, 0.15) is 10.7 Å². The van der Waals surface area contributed by atoms with Crippen LogP contribution in [-0.4, -0.2) is 60.1 Å². The van der Waals surface area contributed by atoms with E-state index in [0.717, 1.165) is 58.4 Å². The number of carbonyl (C=O) groups is 2. The molecule has 0 spiro atoms. The molecule has 6 fully saturated rings. The molecular formula is C36H39Cl3N4O3S2. The molecule has 4 heterocycles. The molecule has 6 aliphatic rings. The number of fused-ring (bicyclic) bond motifs is 1. The van der Waals surface area contributed by atoms with Crippen LogP contribution in [0.2, 0.25) is 15.1 Å². The van der Waals surface area contributed by atoms with E-state index in [9.17, 15) is 9.59 Å². The van der Waals surface area contributed by atoms with Crippen LogP contribution in [0.3, 0.4) is 0 Å². The molecule has 4 saturated carbocycles. The van der Waals surface area contributed by atoms with Crippen LogP contribution >= 0.6 is 57.5 Å². The van der Waals surface area contributed by atoms with E-state index in [4.69, 9.17) is 44.5 Å². The second kappa shape index (κ2) is 13.2. The third kappa shape index (κ3) is 6.11. The third-order valence-corrected chi connectivity index (χ3v) is 14.3. The van der Waals surface area contributed by atoms with E-state index in [1.165, 1.54) is 56.4 Å². The highest BCUT2D eigenvalue weighted by Crippen LogP contribution is 2.57. The lowest BCUT2D eigenvalue weighted by atomic mass is 9.54. The lowest BCUT2D eigenvalue weighted by Gasteiger charge is -2.57. The fourth-order valence-corrected chi connectivity index (χ4v) is 12.4. The molecule has 1 amide bonds. The molecule has 2 atom stereocenters. The monoisotopic (exact) mass is 744 g/mol. The smallest absolute Gasteiger partial charge is 0.333 e. The number of likely N-dealkylation sites (tertiary alicyclic amines) is 1. The van der Waals surface area contributed by atoms with Gasteiger partial charge in [-0.05, 0) is 113 Å². The molecule has 0 unspecified atom stereocenters. The summed E-state index contributed by atoms with van der Waals surface area (Å²) in [6, 6.07) is 6.40. The second-order valence-corrected chi connectivity index (χ2v) is 17.5. The van der Waals surface area contributed by atoms with Gasteiger partial charge in [0.15, 0.2) is 5.13 Å². The Kier molecular flexibility index (Phi) is 9.08. The number of hydrogen-bond donors (Lipinski definition) is 1. The van der Waals surface area contributed by atoms with Crippen molar-refractivity contribution >= 4 is 85.6 Å². The Hall–Kier alpha value is -2.14. The summed E-state index contributed by atoms with van der Waals surface area (Å²) < 4.78 is 5.06. The lowest BCUT2D eigenvalue weighted by molar-refractivity contribution is -0.138. The van der Waals surface area contributed by atoms with Crippen molar-refractivity contribution in [1.82, 2.24) is 9.88 Å². The quantitative estimate of drug-likeness (QED) is 0.183. The molecule has 12 heteroatoms. The fraction of sp³-hybridized carbons (Fsp3) is 0.528. The van der Waals surface area contributed by atoms with Gasteiger partial charge in [-0.25, -0.2) is 9.78 Å². The highest BCUT2D eigenvalue weighted by Gasteiger charge is 2.54. The first kappa shape index (κ1) is 33.0. The summed E-state index contributed by atoms with van der Waals surface area (Å²) in [5.74, 6) is 3.57. The maximum absolute atomic E-state index is 13.5. The van der Waals surface area contributed by atoms with E-state index in [-0.39, 0.29) is 22.6 Å². The maximum atomic E-state index is 13.5. The SMILES string of the molecule is CCOC(=O)/C(C)=C/c1c(Cl)cc(C(=O)Nc2nc(-c3cc(Cl)cs3)c(N3C[C@@H]4CCN(C5[C@H]6C[C@@H]7C[C@@H](C[C@H]5C7)C6)[C@@H]4C3)s2)cc1Cl. The van der Waals surface area contributed by atoms with Crippen LogP contribution in [0.4, 0.5) is 10.1 Å². The Balaban J connectivity index is 1.03. The van der Waals surface area contributed by atoms with Gasteiger partial charge in [0.25, 0.3) is 5.91 Å². The molecule has 1 aromatic carbocycles. The zero-order chi connectivity index (χ0) is 33.3. The predicted octanol–water partition coefficient (Wildman–Crippen LogP) is 9.39. The molecule has 254 valence electrons. The van der Waals surface area contributed by atoms with Crippen molar-refractivity contribution in [2.45, 2.75) is 64.5 Å². The molecule has 4 bridgehead atoms. The minimum Gasteiger partial charge on any atom is -0.463 e. The highest BCUT2D eigenvalue weighted by atomic mass is 35.5. The molecule has 2 aromatic heterocycles. The number of amides is 1. The van der Waals surface area contributed by atoms with Crippen LogP contribution in [0.25, 0.3) is 16.6 Å². The largest absolute Gasteiger partial charge is 0.463 e. The van der Waals surface area contributed by atoms with Gasteiger partial charge in [-0.2, -0.15) is 0 Å². The van der Waals surface area contributed by atoms with Gasteiger partial charge in [-0.1, -0.05) is 46.1 Å². The number of benzene rings is 1. The number of thiophene rings is 1. The number of rotatable bonds is 8. The van der Waals surface area contributed by atoms with Gasteiger partial charge in [0, 0.05) is 47.3 Å². The molecule has 4 aliphatic carbocycles. The predicted molar refractivity (Wildman–Crippen MR) is 197 cm³/mol. The van der Waals surface area contributed by atoms with Crippen molar-refractivity contribution in [3.05, 3.63) is 55.3 Å². The topological polar surface area (TPSA) is 74.8 Å². The first-order valence-electron chi connectivity index (χ1n) is 17.1. The number of ether oxygens (including phenoxy) is 1. The van der Waals surface area contributed by atoms with Crippen LogP contribution in [0.15, 0.2) is 29.2 Å². The van der Waals surface area contributed by atoms with Crippen molar-refractivity contribution in [3.8, 4) is 10.6 Å². The number of hydrogen-bond acceptors (Lipinski definition) is 8. The minimum atomic E-state index is -0.448. The van der Waals surface area contributed by atoms with E-state index in [2.05, 4.69) is 15.1 Å². The summed E-state index contributed by atoms with van der Waals surface area (Å²) in [6.07, 6.45) is 10.1. The normalized spacial score (nSPS) is 29.5. The molecule has 2 saturated heterocycles. The molecule has 3 aromatic rings. The Morgan fingerprint density at radius 1 is 1.02 bits per heavy atom. The van der Waals surface area contributed by atoms with Gasteiger partial charge in [0.05, 0.1) is 26.6 Å². The molecular weight excluding hydrogens is 707 g/mol. The Bertz CT molecular complexity index is 1740. The van der Waals surface area contributed by atoms with Crippen molar-refractivity contribution in [1.29, 1.82) is 0 Å². The zero-order valence-corrected chi connectivity index (χ0v) is 30.9. The molecule has 7 nitrogen and oxygen atoms in total. The molecule has 2 aliphatic heterocycles. The van der Waals surface area contributed by atoms with Crippen molar-refractivity contribution < 1.29 is 14.3 Å². The van der Waals surface area contributed by atoms with Crippen molar-refractivity contribution in [2.24, 2.45) is 29.6 Å². The summed E-state index contributed by atoms with van der Waals surface area (Å²) in [6.45, 7) is 6.87. The van der Waals surface area contributed by atoms with Crippen molar-refractivity contribution in [3.63, 3.8) is 0 Å². The van der Waals surface area contributed by atoms with Gasteiger partial charge in [-0.15, -0.1) is 11.3 Å². The number of anilines is 2. The number of halogens is 3. The van der Waals surface area contributed by atoms with Gasteiger partial charge in [-0.3, -0.25) is 15.0 Å². The first-order valence-corrected chi connectivity index (χ1v) is 19.9. The summed E-state index contributed by atoms with van der Waals surface area (Å²) in [7, 11) is 0. The zero-order valence-electron chi connectivity index (χ0n) is 27.0. The number of carbonyl (C=O) groups excluding carboxylic acids is 2. The summed E-state index contributed by atoms with van der Waals surface area (Å²) in [4.78, 5) is 37.0. The van der Waals surface area contributed by atoms with Crippen LogP contribution in [0.1, 0.15) is 68.3 Å². The summed E-state index contributed by atoms with van der Waals surface area (Å²) >= 11 is 22.6. The molecule has 0 radical (unpaired) electrons. The number of thiazole rings is 1. The van der Waals surface area contributed by atoms with E-state index < -0.39 is 5.97 Å². The Labute approximate surface area is 304 Å². The van der Waals surface area contributed by atoms with Gasteiger partial charge in [0.2, 0.25) is 0 Å². The van der Waals surface area contributed by atoms with E-state index in [0.29, 0.717) is 38.8 Å². The van der Waals surface area contributed by atoms with Crippen LogP contribution in [0.5, 0.6) is 0 Å². The van der Waals surface area contributed by atoms with E-state index in [1.54, 1.807) is 43.4 Å². The minimum absolute atomic E-state index is 0.261. The van der Waals surface area contributed by atoms with Crippen molar-refractivity contribution in [2.75, 3.05) is 36.5 Å². The first-order chi connectivity index (χ1) is 23.1. The highest BCUT2D eigenvalue weighted by molar-refractivity contribution is 7.21. The van der Waals surface area contributed by atoms with Crippen LogP contribution < -0.4 is 10.2 Å². The van der Waals surface area contributed by atoms with Crippen LogP contribution in [0, 0.1) is 29.6 Å². The second-order valence-electron chi connectivity index (χ2n) is 14.3. The molecule has 48 heavy (non-hydrogen) atoms. The Morgan fingerprint density at radius 3 is 2.38 bits per heavy atom. The standard InChI is InChI=1S/C36H39Cl3N4O3S2/c1-3-46-35(45)18(2)6-26-27(38)12-24(13-28(26)39)33(44)41-36-40-31(30-14-25(37)17-47-30)34(48-36)42-15-21-4-5-43(29(21)16-42)32-22-8-19-7-20(10-22)11-23(32)9-19/h6,12-14,17,19-23,29,32H,3-5,7-11,15-16H2,1-2H3,(H,40,41,44)/b18-6+/t19-,20+,21-,22-,23+,29+,32?/m0/s1. The number of nitrogens with zero attached hydrogens (tertiary/aromatic N) is 3. The average Bonchev–Trinajstić information content (AvgIpc) is 3.83. The molecule has 9 rings (SSSR count). The van der Waals surface area contributed by atoms with E-state index in [1.807, 2.05) is 11.4 Å². The summed E-state index contributed by atoms with van der Waals surface area (Å²) in [5, 5.41) is 7.73. The van der Waals surface area contributed by atoms with E-state index >= 15 is 0 Å². The van der Waals surface area contributed by atoms with Gasteiger partial charge >= 0.3 is 5.97 Å². The maximum Gasteiger partial charge on any atom is 0.333 e. The number of esters is 1. The Morgan fingerprint density at radius 2 is 1.73 bits per heavy atom. The number of aromatic nitrogens is 1. The van der Waals surface area contributed by atoms with Gasteiger partial charge < -0.3 is 9.64 Å². The number of nitrogens with one attached hydrogen (secondary N) is 1. The molecule has 1 N–H and O–H groups in total. The average molecular weight is 746 g/mol. The summed E-state index contributed by atoms with van der Waals surface area (Å²) in [5.41, 5.74) is 1.98. The lowest BCUT2D eigenvalue weighted by Crippen LogP contribution is -2.57.